The van der Waals surface area contributed by atoms with Gasteiger partial charge >= 0.3 is 0 Å². The van der Waals surface area contributed by atoms with Gasteiger partial charge in [-0.1, -0.05) is 42.5 Å². The summed E-state index contributed by atoms with van der Waals surface area (Å²) in [7, 11) is 0. The van der Waals surface area contributed by atoms with Crippen LogP contribution in [-0.4, -0.2) is 28.6 Å². The maximum atomic E-state index is 12.5. The third-order valence-corrected chi connectivity index (χ3v) is 4.76. The van der Waals surface area contributed by atoms with E-state index < -0.39 is 0 Å². The van der Waals surface area contributed by atoms with Crippen LogP contribution in [0.1, 0.15) is 30.4 Å². The van der Waals surface area contributed by atoms with Gasteiger partial charge in [-0.3, -0.25) is 14.2 Å². The Balaban J connectivity index is 1.33. The Morgan fingerprint density at radius 2 is 1.93 bits per heavy atom. The number of rotatable bonds is 10. The van der Waals surface area contributed by atoms with Crippen LogP contribution in [-0.2, 0) is 22.7 Å². The Hall–Kier alpha value is -2.99. The van der Waals surface area contributed by atoms with Crippen LogP contribution < -0.4 is 10.9 Å². The molecule has 0 bridgehead atoms. The summed E-state index contributed by atoms with van der Waals surface area (Å²) in [6, 6.07) is 15.6. The maximum Gasteiger partial charge on any atom is 0.261 e. The standard InChI is InChI=1S/C23H27N3O3/c1-18-8-5-11-20-22(18)25-17-26(23(20)28)14-6-12-21(27)24-13-7-15-29-16-19-9-3-2-4-10-19/h2-5,8-11,17H,6-7,12-16H2,1H3,(H,24,27). The topological polar surface area (TPSA) is 73.2 Å². The summed E-state index contributed by atoms with van der Waals surface area (Å²) in [4.78, 5) is 28.9. The summed E-state index contributed by atoms with van der Waals surface area (Å²) in [5.74, 6) is -0.00861. The fourth-order valence-electron chi connectivity index (χ4n) is 3.16. The lowest BCUT2D eigenvalue weighted by atomic mass is 10.1. The third-order valence-electron chi connectivity index (χ3n) is 4.76. The zero-order valence-electron chi connectivity index (χ0n) is 16.8. The SMILES string of the molecule is Cc1cccc2c(=O)n(CCCC(=O)NCCCOCc3ccccc3)cnc12. The summed E-state index contributed by atoms with van der Waals surface area (Å²) >= 11 is 0. The summed E-state index contributed by atoms with van der Waals surface area (Å²) in [6.07, 6.45) is 3.31. The molecule has 1 heterocycles. The number of aryl methyl sites for hydroxylation is 2. The van der Waals surface area contributed by atoms with Crippen molar-refractivity contribution in [3.8, 4) is 0 Å². The van der Waals surface area contributed by atoms with Crippen molar-refractivity contribution in [2.24, 2.45) is 0 Å². The van der Waals surface area contributed by atoms with E-state index in [2.05, 4.69) is 10.3 Å². The number of fused-ring (bicyclic) bond motifs is 1. The first kappa shape index (κ1) is 20.7. The molecule has 0 unspecified atom stereocenters. The second-order valence-electron chi connectivity index (χ2n) is 7.06. The molecule has 1 amide bonds. The molecule has 3 aromatic rings. The van der Waals surface area contributed by atoms with Gasteiger partial charge in [-0.25, -0.2) is 4.98 Å². The van der Waals surface area contributed by atoms with Gasteiger partial charge in [0.15, 0.2) is 0 Å². The Bertz CT molecular complexity index is 999. The summed E-state index contributed by atoms with van der Waals surface area (Å²) in [6.45, 7) is 4.19. The fourth-order valence-corrected chi connectivity index (χ4v) is 3.16. The van der Waals surface area contributed by atoms with Gasteiger partial charge in [0.25, 0.3) is 5.56 Å². The van der Waals surface area contributed by atoms with Crippen molar-refractivity contribution in [2.75, 3.05) is 13.2 Å². The predicted molar refractivity (Wildman–Crippen MR) is 114 cm³/mol. The second kappa shape index (κ2) is 10.5. The first-order valence-electron chi connectivity index (χ1n) is 9.98. The van der Waals surface area contributed by atoms with Gasteiger partial charge in [0.1, 0.15) is 0 Å². The first-order valence-corrected chi connectivity index (χ1v) is 9.98. The van der Waals surface area contributed by atoms with Gasteiger partial charge in [0.05, 0.1) is 23.8 Å². The van der Waals surface area contributed by atoms with Crippen LogP contribution in [0.25, 0.3) is 10.9 Å². The third kappa shape index (κ3) is 5.99. The molecule has 2 aromatic carbocycles. The number of nitrogens with one attached hydrogen (secondary N) is 1. The highest BCUT2D eigenvalue weighted by molar-refractivity contribution is 5.80. The molecule has 0 aliphatic heterocycles. The van der Waals surface area contributed by atoms with E-state index >= 15 is 0 Å². The monoisotopic (exact) mass is 393 g/mol. The minimum atomic E-state index is -0.0605. The molecule has 6 heteroatoms. The molecule has 0 atom stereocenters. The number of nitrogens with zero attached hydrogens (tertiary/aromatic N) is 2. The van der Waals surface area contributed by atoms with Gasteiger partial charge in [-0.2, -0.15) is 0 Å². The molecular formula is C23H27N3O3. The smallest absolute Gasteiger partial charge is 0.261 e. The van der Waals surface area contributed by atoms with E-state index in [1.165, 1.54) is 0 Å². The fraction of sp³-hybridized carbons (Fsp3) is 0.348. The van der Waals surface area contributed by atoms with Crippen molar-refractivity contribution in [3.63, 3.8) is 0 Å². The van der Waals surface area contributed by atoms with Crippen molar-refractivity contribution >= 4 is 16.8 Å². The Morgan fingerprint density at radius 1 is 1.10 bits per heavy atom. The highest BCUT2D eigenvalue weighted by Gasteiger charge is 2.07. The average molecular weight is 393 g/mol. The number of aromatic nitrogens is 2. The van der Waals surface area contributed by atoms with Crippen LogP contribution in [0, 0.1) is 6.92 Å². The van der Waals surface area contributed by atoms with Crippen molar-refractivity contribution in [1.29, 1.82) is 0 Å². The first-order chi connectivity index (χ1) is 14.1. The number of benzene rings is 2. The summed E-state index contributed by atoms with van der Waals surface area (Å²) in [5, 5.41) is 3.52. The highest BCUT2D eigenvalue weighted by Crippen LogP contribution is 2.11. The Labute approximate surface area is 170 Å². The lowest BCUT2D eigenvalue weighted by molar-refractivity contribution is -0.121. The molecular weight excluding hydrogens is 366 g/mol. The molecule has 1 N–H and O–H groups in total. The summed E-state index contributed by atoms with van der Waals surface area (Å²) in [5.41, 5.74) is 2.81. The Morgan fingerprint density at radius 3 is 2.76 bits per heavy atom. The molecule has 0 aliphatic carbocycles. The van der Waals surface area contributed by atoms with Crippen molar-refractivity contribution < 1.29 is 9.53 Å². The number of ether oxygens (including phenoxy) is 1. The molecule has 29 heavy (non-hydrogen) atoms. The van der Waals surface area contributed by atoms with Gasteiger partial charge in [0.2, 0.25) is 5.91 Å². The van der Waals surface area contributed by atoms with E-state index in [1.54, 1.807) is 17.0 Å². The predicted octanol–water partition coefficient (Wildman–Crippen LogP) is 3.21. The van der Waals surface area contributed by atoms with Crippen LogP contribution in [0.15, 0.2) is 59.7 Å². The number of hydrogen-bond acceptors (Lipinski definition) is 4. The van der Waals surface area contributed by atoms with E-state index in [4.69, 9.17) is 4.74 Å². The zero-order valence-corrected chi connectivity index (χ0v) is 16.8. The molecule has 0 fully saturated rings. The van der Waals surface area contributed by atoms with Gasteiger partial charge in [-0.05, 0) is 37.0 Å². The summed E-state index contributed by atoms with van der Waals surface area (Å²) < 4.78 is 7.18. The largest absolute Gasteiger partial charge is 0.377 e. The van der Waals surface area contributed by atoms with Crippen LogP contribution in [0.3, 0.4) is 0 Å². The normalized spacial score (nSPS) is 10.9. The number of carbonyl (C=O) groups excluding carboxylic acids is 1. The molecule has 1 aromatic heterocycles. The van der Waals surface area contributed by atoms with Gasteiger partial charge < -0.3 is 10.1 Å². The quantitative estimate of drug-likeness (QED) is 0.537. The molecule has 0 saturated carbocycles. The number of amides is 1. The van der Waals surface area contributed by atoms with Crippen LogP contribution >= 0.6 is 0 Å². The second-order valence-corrected chi connectivity index (χ2v) is 7.06. The van der Waals surface area contributed by atoms with Crippen LogP contribution in [0.5, 0.6) is 0 Å². The molecule has 0 saturated heterocycles. The van der Waals surface area contributed by atoms with Gasteiger partial charge in [-0.15, -0.1) is 0 Å². The lowest BCUT2D eigenvalue weighted by Gasteiger charge is -2.08. The molecule has 3 rings (SSSR count). The van der Waals surface area contributed by atoms with Crippen molar-refractivity contribution in [1.82, 2.24) is 14.9 Å². The van der Waals surface area contributed by atoms with Crippen molar-refractivity contribution in [3.05, 3.63) is 76.3 Å². The Kier molecular flexibility index (Phi) is 7.53. The van der Waals surface area contributed by atoms with E-state index in [0.29, 0.717) is 44.5 Å². The van der Waals surface area contributed by atoms with E-state index in [1.807, 2.05) is 49.4 Å². The van der Waals surface area contributed by atoms with E-state index in [0.717, 1.165) is 23.1 Å². The highest BCUT2D eigenvalue weighted by atomic mass is 16.5. The van der Waals surface area contributed by atoms with Crippen LogP contribution in [0.2, 0.25) is 0 Å². The average Bonchev–Trinajstić information content (AvgIpc) is 2.73. The van der Waals surface area contributed by atoms with Gasteiger partial charge in [0, 0.05) is 26.1 Å². The molecule has 6 nitrogen and oxygen atoms in total. The molecule has 152 valence electrons. The minimum absolute atomic E-state index is 0.00861. The zero-order chi connectivity index (χ0) is 20.5. The molecule has 0 spiro atoms. The van der Waals surface area contributed by atoms with E-state index in [9.17, 15) is 9.59 Å². The molecule has 0 radical (unpaired) electrons. The lowest BCUT2D eigenvalue weighted by Crippen LogP contribution is -2.26. The van der Waals surface area contributed by atoms with E-state index in [-0.39, 0.29) is 11.5 Å². The minimum Gasteiger partial charge on any atom is -0.377 e. The van der Waals surface area contributed by atoms with Crippen LogP contribution in [0.4, 0.5) is 0 Å². The maximum absolute atomic E-state index is 12.5. The van der Waals surface area contributed by atoms with Crippen molar-refractivity contribution in [2.45, 2.75) is 39.3 Å². The number of carbonyl (C=O) groups is 1. The number of para-hydroxylation sites is 1. The molecule has 0 aliphatic rings. The number of hydrogen-bond donors (Lipinski definition) is 1.